The van der Waals surface area contributed by atoms with Gasteiger partial charge in [-0.25, -0.2) is 13.2 Å². The lowest BCUT2D eigenvalue weighted by atomic mass is 9.77. The van der Waals surface area contributed by atoms with Crippen LogP contribution in [-0.4, -0.2) is 12.2 Å². The second-order valence-electron chi connectivity index (χ2n) is 10.3. The van der Waals surface area contributed by atoms with E-state index < -0.39 is 47.4 Å². The van der Waals surface area contributed by atoms with Gasteiger partial charge in [-0.2, -0.15) is 22.0 Å². The minimum absolute atomic E-state index is 0.0886. The van der Waals surface area contributed by atoms with Crippen molar-refractivity contribution in [3.8, 4) is 0 Å². The van der Waals surface area contributed by atoms with E-state index in [0.29, 0.717) is 37.0 Å². The van der Waals surface area contributed by atoms with E-state index in [9.17, 15) is 35.1 Å². The lowest BCUT2D eigenvalue weighted by Crippen LogP contribution is -2.38. The Kier molecular flexibility index (Phi) is 8.22. The maximum atomic E-state index is 15.0. The summed E-state index contributed by atoms with van der Waals surface area (Å²) in [7, 11) is 0. The van der Waals surface area contributed by atoms with Gasteiger partial charge in [0.1, 0.15) is 23.0 Å². The highest BCUT2D eigenvalue weighted by molar-refractivity contribution is 5.31. The summed E-state index contributed by atoms with van der Waals surface area (Å²) in [4.78, 5) is 0. The molecule has 0 saturated heterocycles. The van der Waals surface area contributed by atoms with E-state index in [1.54, 1.807) is 6.07 Å². The van der Waals surface area contributed by atoms with Crippen LogP contribution in [0.4, 0.5) is 35.1 Å². The minimum Gasteiger partial charge on any atom is -0.317 e. The predicted molar refractivity (Wildman–Crippen MR) is 123 cm³/mol. The molecule has 2 fully saturated rings. The van der Waals surface area contributed by atoms with Gasteiger partial charge in [0, 0.05) is 0 Å². The molecule has 0 spiro atoms. The normalized spacial score (nSPS) is 25.3. The van der Waals surface area contributed by atoms with Crippen LogP contribution in [0.5, 0.6) is 0 Å². The summed E-state index contributed by atoms with van der Waals surface area (Å²) in [6.45, 7) is 1.93. The van der Waals surface area contributed by atoms with E-state index in [4.69, 9.17) is 4.74 Å². The van der Waals surface area contributed by atoms with Crippen LogP contribution in [0.2, 0.25) is 0 Å². The third-order valence-corrected chi connectivity index (χ3v) is 7.93. The Morgan fingerprint density at radius 2 is 1.30 bits per heavy atom. The van der Waals surface area contributed by atoms with Gasteiger partial charge >= 0.3 is 12.3 Å². The molecule has 2 aliphatic rings. The largest absolute Gasteiger partial charge is 0.422 e. The van der Waals surface area contributed by atoms with Crippen molar-refractivity contribution in [1.29, 1.82) is 0 Å². The number of hydrogen-bond acceptors (Lipinski definition) is 1. The molecule has 0 aliphatic heterocycles. The summed E-state index contributed by atoms with van der Waals surface area (Å²) >= 11 is 0. The summed E-state index contributed by atoms with van der Waals surface area (Å²) in [5.41, 5.74) is -0.387. The highest BCUT2D eigenvalue weighted by Crippen LogP contribution is 2.46. The summed E-state index contributed by atoms with van der Waals surface area (Å²) in [6, 6.07) is 6.49. The van der Waals surface area contributed by atoms with Gasteiger partial charge in [0.25, 0.3) is 0 Å². The molecule has 0 atom stereocenters. The fourth-order valence-electron chi connectivity index (χ4n) is 5.79. The number of alkyl halides is 5. The molecule has 0 radical (unpaired) electrons. The number of aryl methyl sites for hydroxylation is 1. The summed E-state index contributed by atoms with van der Waals surface area (Å²) in [5, 5.41) is 0. The molecule has 2 aliphatic carbocycles. The Labute approximate surface area is 211 Å². The third kappa shape index (κ3) is 6.29. The molecule has 0 unspecified atom stereocenters. The van der Waals surface area contributed by atoms with Crippen LogP contribution in [0.3, 0.4) is 0 Å². The average molecular weight is 535 g/mol. The van der Waals surface area contributed by atoms with Gasteiger partial charge in [0.2, 0.25) is 0 Å². The number of halogens is 8. The number of benzene rings is 2. The van der Waals surface area contributed by atoms with Crippen LogP contribution in [0, 0.1) is 23.4 Å². The fraction of sp³-hybridized carbons (Fsp3) is 0.571. The van der Waals surface area contributed by atoms with Crippen molar-refractivity contribution in [2.45, 2.75) is 94.9 Å². The summed E-state index contributed by atoms with van der Waals surface area (Å²) in [6.07, 6.45) is -6.33. The van der Waals surface area contributed by atoms with E-state index in [0.717, 1.165) is 5.56 Å². The SMILES string of the molecule is CCc1ccc(C2CCC(C(F)(F)OC3CCC(c4cc(F)c(C(F)(F)F)c(F)c4)CC3)CC2)c(F)c1. The molecule has 204 valence electrons. The molecular weight excluding hydrogens is 504 g/mol. The minimum atomic E-state index is -5.14. The second kappa shape index (κ2) is 10.9. The Morgan fingerprint density at radius 3 is 1.81 bits per heavy atom. The zero-order chi connectivity index (χ0) is 27.0. The zero-order valence-electron chi connectivity index (χ0n) is 20.5. The van der Waals surface area contributed by atoms with Gasteiger partial charge in [-0.1, -0.05) is 19.1 Å². The van der Waals surface area contributed by atoms with Crippen molar-refractivity contribution in [3.63, 3.8) is 0 Å². The highest BCUT2D eigenvalue weighted by atomic mass is 19.4. The Bertz CT molecular complexity index is 1060. The molecule has 1 nitrogen and oxygen atoms in total. The molecule has 0 N–H and O–H groups in total. The lowest BCUT2D eigenvalue weighted by molar-refractivity contribution is -0.300. The Hall–Kier alpha value is -2.16. The predicted octanol–water partition coefficient (Wildman–Crippen LogP) is 9.29. The van der Waals surface area contributed by atoms with Crippen LogP contribution in [0.1, 0.15) is 92.4 Å². The maximum absolute atomic E-state index is 15.0. The van der Waals surface area contributed by atoms with Crippen molar-refractivity contribution in [3.05, 3.63) is 70.0 Å². The van der Waals surface area contributed by atoms with Crippen LogP contribution < -0.4 is 0 Å². The van der Waals surface area contributed by atoms with Crippen LogP contribution >= 0.6 is 0 Å². The molecule has 0 amide bonds. The van der Waals surface area contributed by atoms with E-state index in [1.165, 1.54) is 6.07 Å². The smallest absolute Gasteiger partial charge is 0.317 e. The highest BCUT2D eigenvalue weighted by Gasteiger charge is 2.45. The standard InChI is InChI=1S/C28H30F8O/c1-2-16-3-12-22(23(29)13-16)18-4-8-20(9-5-18)28(35,36)37-21-10-6-17(7-11-21)19-14-24(30)26(25(31)15-19)27(32,33)34/h3,12-15,17-18,20-21H,2,4-11H2,1H3. The average Bonchev–Trinajstić information content (AvgIpc) is 2.83. The van der Waals surface area contributed by atoms with Crippen molar-refractivity contribution >= 4 is 0 Å². The molecular formula is C28H30F8O. The van der Waals surface area contributed by atoms with Crippen LogP contribution in [-0.2, 0) is 17.3 Å². The van der Waals surface area contributed by atoms with Gasteiger partial charge in [0.05, 0.1) is 12.0 Å². The summed E-state index contributed by atoms with van der Waals surface area (Å²) < 4.78 is 116. The third-order valence-electron chi connectivity index (χ3n) is 7.93. The van der Waals surface area contributed by atoms with Gasteiger partial charge in [0.15, 0.2) is 0 Å². The second-order valence-corrected chi connectivity index (χ2v) is 10.3. The zero-order valence-corrected chi connectivity index (χ0v) is 20.5. The molecule has 4 rings (SSSR count). The van der Waals surface area contributed by atoms with Crippen LogP contribution in [0.25, 0.3) is 0 Å². The molecule has 9 heteroatoms. The Morgan fingerprint density at radius 1 is 0.730 bits per heavy atom. The van der Waals surface area contributed by atoms with Gasteiger partial charge < -0.3 is 4.74 Å². The number of rotatable bonds is 6. The first-order valence-electron chi connectivity index (χ1n) is 12.8. The fourth-order valence-corrected chi connectivity index (χ4v) is 5.79. The molecule has 0 aromatic heterocycles. The summed E-state index contributed by atoms with van der Waals surface area (Å²) in [5.74, 6) is -5.19. The lowest BCUT2D eigenvalue weighted by Gasteiger charge is -2.37. The van der Waals surface area contributed by atoms with E-state index in [-0.39, 0.29) is 55.8 Å². The van der Waals surface area contributed by atoms with Gasteiger partial charge in [-0.3, -0.25) is 0 Å². The molecule has 2 aromatic rings. The first-order valence-corrected chi connectivity index (χ1v) is 12.8. The van der Waals surface area contributed by atoms with Gasteiger partial charge in [-0.05, 0) is 105 Å². The van der Waals surface area contributed by atoms with E-state index in [2.05, 4.69) is 0 Å². The molecule has 37 heavy (non-hydrogen) atoms. The molecule has 0 bridgehead atoms. The van der Waals surface area contributed by atoms with Crippen molar-refractivity contribution in [2.24, 2.45) is 5.92 Å². The number of hydrogen-bond donors (Lipinski definition) is 0. The molecule has 2 saturated carbocycles. The van der Waals surface area contributed by atoms with Crippen LogP contribution in [0.15, 0.2) is 30.3 Å². The monoisotopic (exact) mass is 534 g/mol. The van der Waals surface area contributed by atoms with Gasteiger partial charge in [-0.15, -0.1) is 0 Å². The van der Waals surface area contributed by atoms with Crippen molar-refractivity contribution in [1.82, 2.24) is 0 Å². The topological polar surface area (TPSA) is 9.23 Å². The van der Waals surface area contributed by atoms with E-state index >= 15 is 0 Å². The quantitative estimate of drug-likeness (QED) is 0.336. The first kappa shape index (κ1) is 27.9. The molecule has 0 heterocycles. The maximum Gasteiger partial charge on any atom is 0.422 e. The Balaban J connectivity index is 1.31. The van der Waals surface area contributed by atoms with E-state index in [1.807, 2.05) is 13.0 Å². The van der Waals surface area contributed by atoms with Crippen molar-refractivity contribution in [2.75, 3.05) is 0 Å². The van der Waals surface area contributed by atoms with Crippen molar-refractivity contribution < 1.29 is 39.9 Å². The molecule has 2 aromatic carbocycles. The number of ether oxygens (including phenoxy) is 1. The first-order chi connectivity index (χ1) is 17.4.